The number of hydrogen-bond acceptors (Lipinski definition) is 7. The summed E-state index contributed by atoms with van der Waals surface area (Å²) in [5, 5.41) is 2.82. The third-order valence-corrected chi connectivity index (χ3v) is 8.98. The second kappa shape index (κ2) is 24.0. The number of pyridine rings is 1. The monoisotopic (exact) mass is 667 g/mol. The topological polar surface area (TPSA) is 121 Å². The van der Waals surface area contributed by atoms with Gasteiger partial charge in [-0.15, -0.1) is 0 Å². The molecule has 1 aromatic heterocycles. The molecule has 3 N–H and O–H groups in total. The van der Waals surface area contributed by atoms with Gasteiger partial charge in [-0.3, -0.25) is 4.79 Å². The van der Waals surface area contributed by atoms with Gasteiger partial charge in [0, 0.05) is 25.3 Å². The number of hydrogen-bond donors (Lipinski definition) is 2. The van der Waals surface area contributed by atoms with Crippen molar-refractivity contribution in [3.05, 3.63) is 30.1 Å². The second-order valence-electron chi connectivity index (χ2n) is 12.8. The summed E-state index contributed by atoms with van der Waals surface area (Å²) in [5.41, 5.74) is 3.85. The fraction of sp³-hybridized carbons (Fsp3) is 0.778. The minimum Gasteiger partial charge on any atom is -1.00 e. The highest BCUT2D eigenvalue weighted by Gasteiger charge is 2.50. The molecule has 1 aliphatic heterocycles. The van der Waals surface area contributed by atoms with Gasteiger partial charge in [0.05, 0.1) is 0 Å². The number of Topliss-reactive ketones (excluding diaryl/α,β-unsaturated/α-hetero) is 1. The van der Waals surface area contributed by atoms with Crippen molar-refractivity contribution >= 4 is 17.8 Å². The van der Waals surface area contributed by atoms with Crippen LogP contribution in [0.3, 0.4) is 0 Å². The Morgan fingerprint density at radius 2 is 1.41 bits per heavy atom. The van der Waals surface area contributed by atoms with E-state index in [1.807, 2.05) is 13.0 Å². The molecule has 0 spiro atoms. The first-order valence-corrected chi connectivity index (χ1v) is 17.8. The van der Waals surface area contributed by atoms with Crippen molar-refractivity contribution in [3.8, 4) is 0 Å². The Balaban J connectivity index is 0.0000106. The zero-order valence-corrected chi connectivity index (χ0v) is 29.7. The minimum absolute atomic E-state index is 0. The number of aromatic nitrogens is 1. The molecule has 2 atom stereocenters. The number of carbonyl (C=O) groups is 3. The molecule has 1 amide bonds. The normalized spacial score (nSPS) is 17.1. The van der Waals surface area contributed by atoms with Crippen LogP contribution < -0.4 is 28.0 Å². The van der Waals surface area contributed by atoms with Gasteiger partial charge in [0.25, 0.3) is 5.54 Å². The molecular weight excluding hydrogens is 606 g/mol. The average molecular weight is 668 g/mol. The van der Waals surface area contributed by atoms with Gasteiger partial charge >= 0.3 is 12.1 Å². The molecule has 0 radical (unpaired) electrons. The number of halogens is 1. The van der Waals surface area contributed by atoms with E-state index in [9.17, 15) is 14.4 Å². The summed E-state index contributed by atoms with van der Waals surface area (Å²) in [7, 11) is 0. The van der Waals surface area contributed by atoms with E-state index >= 15 is 0 Å². The first kappa shape index (κ1) is 41.8. The number of nitrogens with zero attached hydrogens (tertiary/aromatic N) is 1. The first-order valence-electron chi connectivity index (χ1n) is 17.8. The lowest BCUT2D eigenvalue weighted by atomic mass is 9.90. The molecular formula is C36H62ClN3O6. The largest absolute Gasteiger partial charge is 1.00 e. The molecule has 0 saturated carbocycles. The van der Waals surface area contributed by atoms with Crippen molar-refractivity contribution in [3.63, 3.8) is 0 Å². The van der Waals surface area contributed by atoms with Crippen LogP contribution in [0, 0.1) is 0 Å². The van der Waals surface area contributed by atoms with E-state index in [-0.39, 0.29) is 25.6 Å². The van der Waals surface area contributed by atoms with Crippen molar-refractivity contribution in [1.29, 1.82) is 0 Å². The van der Waals surface area contributed by atoms with Crippen LogP contribution in [-0.2, 0) is 35.9 Å². The molecule has 0 aromatic carbocycles. The van der Waals surface area contributed by atoms with E-state index in [4.69, 9.17) is 19.9 Å². The number of ketones is 1. The summed E-state index contributed by atoms with van der Waals surface area (Å²) >= 11 is 0. The third-order valence-electron chi connectivity index (χ3n) is 8.98. The number of ether oxygens (including phenoxy) is 3. The van der Waals surface area contributed by atoms with Crippen molar-refractivity contribution in [2.45, 2.75) is 154 Å². The number of esters is 1. The highest BCUT2D eigenvalue weighted by molar-refractivity contribution is 6.07. The molecule has 264 valence electrons. The highest BCUT2D eigenvalue weighted by Crippen LogP contribution is 2.28. The van der Waals surface area contributed by atoms with Gasteiger partial charge in [-0.25, -0.2) is 14.2 Å². The smallest absolute Gasteiger partial charge is 0.407 e. The number of alkyl carbamates (subject to hydrolysis) is 1. The summed E-state index contributed by atoms with van der Waals surface area (Å²) in [5.74, 6) is -1.38. The zero-order valence-electron chi connectivity index (χ0n) is 28.9. The lowest BCUT2D eigenvalue weighted by Gasteiger charge is -2.29. The molecule has 10 heteroatoms. The maximum absolute atomic E-state index is 13.2. The maximum atomic E-state index is 13.2. The number of rotatable bonds is 25. The van der Waals surface area contributed by atoms with Crippen LogP contribution in [0.1, 0.15) is 142 Å². The Kier molecular flexibility index (Phi) is 21.8. The van der Waals surface area contributed by atoms with Crippen LogP contribution in [0.5, 0.6) is 0 Å². The number of amides is 1. The quantitative estimate of drug-likeness (QED) is 0.0704. The van der Waals surface area contributed by atoms with Crippen LogP contribution in [-0.4, -0.2) is 49.8 Å². The standard InChI is InChI=1S/C36H61N3O6.ClH/c1-4-6-7-8-9-10-11-12-13-14-15-16-17-18-19-21-26-38-34(42)44-30-35(25-23-28-45-35)29-43-33(41)36(37,31(3)40)32-24-20-22-27-39(32)5-2;/h20,22,24,27H,4-19,21,23,25-26,28-30,37H2,1-3H3;1H. The predicted octanol–water partition coefficient (Wildman–Crippen LogP) is 3.82. The van der Waals surface area contributed by atoms with E-state index < -0.39 is 29.0 Å². The Morgan fingerprint density at radius 1 is 0.870 bits per heavy atom. The lowest BCUT2D eigenvalue weighted by Crippen LogP contribution is -3.00. The predicted molar refractivity (Wildman–Crippen MR) is 177 cm³/mol. The first-order chi connectivity index (χ1) is 21.8. The van der Waals surface area contributed by atoms with Crippen molar-refractivity contribution in [2.75, 3.05) is 26.4 Å². The van der Waals surface area contributed by atoms with Crippen LogP contribution >= 0.6 is 0 Å². The fourth-order valence-corrected chi connectivity index (χ4v) is 5.99. The Labute approximate surface area is 284 Å². The zero-order chi connectivity index (χ0) is 32.8. The Morgan fingerprint density at radius 3 is 1.91 bits per heavy atom. The van der Waals surface area contributed by atoms with Gasteiger partial charge in [-0.05, 0) is 33.1 Å². The Bertz CT molecular complexity index is 1000. The molecule has 0 aliphatic carbocycles. The van der Waals surface area contributed by atoms with Crippen LogP contribution in [0.25, 0.3) is 0 Å². The summed E-state index contributed by atoms with van der Waals surface area (Å²) in [6, 6.07) is 5.19. The number of carbonyl (C=O) groups excluding carboxylic acids is 3. The van der Waals surface area contributed by atoms with Crippen LogP contribution in [0.2, 0.25) is 0 Å². The summed E-state index contributed by atoms with van der Waals surface area (Å²) in [6.07, 6.45) is 23.4. The Hall–Kier alpha value is -2.23. The number of unbranched alkanes of at least 4 members (excludes halogenated alkanes) is 15. The van der Waals surface area contributed by atoms with Gasteiger partial charge in [0.1, 0.15) is 25.4 Å². The molecule has 0 bridgehead atoms. The van der Waals surface area contributed by atoms with Gasteiger partial charge < -0.3 is 37.7 Å². The van der Waals surface area contributed by atoms with Crippen molar-refractivity contribution < 1.29 is 45.6 Å². The summed E-state index contributed by atoms with van der Waals surface area (Å²) in [6.45, 7) is 6.80. The molecule has 2 unspecified atom stereocenters. The van der Waals surface area contributed by atoms with Crippen LogP contribution in [0.15, 0.2) is 24.4 Å². The van der Waals surface area contributed by atoms with Crippen LogP contribution in [0.4, 0.5) is 4.79 Å². The van der Waals surface area contributed by atoms with E-state index in [1.165, 1.54) is 96.8 Å². The third kappa shape index (κ3) is 14.7. The fourth-order valence-electron chi connectivity index (χ4n) is 5.99. The second-order valence-corrected chi connectivity index (χ2v) is 12.8. The van der Waals surface area contributed by atoms with Gasteiger partial charge in [0.15, 0.2) is 12.0 Å². The van der Waals surface area contributed by atoms with Gasteiger partial charge in [0.2, 0.25) is 5.69 Å². The molecule has 1 aliphatic rings. The van der Waals surface area contributed by atoms with Crippen molar-refractivity contribution in [1.82, 2.24) is 5.32 Å². The van der Waals surface area contributed by atoms with Gasteiger partial charge in [-0.1, -0.05) is 109 Å². The number of nitrogens with two attached hydrogens (primary N) is 1. The van der Waals surface area contributed by atoms with E-state index in [1.54, 1.807) is 22.9 Å². The lowest BCUT2D eigenvalue weighted by molar-refractivity contribution is -0.702. The van der Waals surface area contributed by atoms with E-state index in [2.05, 4.69) is 12.2 Å². The SMILES string of the molecule is CCCCCCCCCCCCCCCCCCNC(=O)OCC1(COC(=O)C(N)(C(C)=O)c2cccc[n+]2CC)CCCO1.[Cl-]. The molecule has 1 saturated heterocycles. The highest BCUT2D eigenvalue weighted by atomic mass is 35.5. The van der Waals surface area contributed by atoms with Gasteiger partial charge in [-0.2, -0.15) is 0 Å². The summed E-state index contributed by atoms with van der Waals surface area (Å²) in [4.78, 5) is 38.2. The number of aryl methyl sites for hydroxylation is 1. The average Bonchev–Trinajstić information content (AvgIpc) is 3.52. The molecule has 2 heterocycles. The molecule has 46 heavy (non-hydrogen) atoms. The van der Waals surface area contributed by atoms with Crippen molar-refractivity contribution in [2.24, 2.45) is 5.73 Å². The number of nitrogens with one attached hydrogen (secondary N) is 1. The molecule has 1 aromatic rings. The van der Waals surface area contributed by atoms with E-state index in [0.29, 0.717) is 31.8 Å². The molecule has 2 rings (SSSR count). The summed E-state index contributed by atoms with van der Waals surface area (Å²) < 4.78 is 18.7. The molecule has 1 fully saturated rings. The van der Waals surface area contributed by atoms with E-state index in [0.717, 1.165) is 19.3 Å². The minimum atomic E-state index is -1.96. The molecule has 9 nitrogen and oxygen atoms in total. The maximum Gasteiger partial charge on any atom is 0.407 e.